The maximum absolute atomic E-state index is 12.8. The molecule has 1 aliphatic heterocycles. The Labute approximate surface area is 192 Å². The second-order valence-electron chi connectivity index (χ2n) is 7.68. The van der Waals surface area contributed by atoms with E-state index in [1.165, 1.54) is 28.8 Å². The van der Waals surface area contributed by atoms with Crippen molar-refractivity contribution in [2.45, 2.75) is 25.3 Å². The van der Waals surface area contributed by atoms with Crippen LogP contribution in [0.25, 0.3) is 10.9 Å². The van der Waals surface area contributed by atoms with Crippen LogP contribution in [0.3, 0.4) is 0 Å². The first kappa shape index (κ1) is 22.8. The Bertz CT molecular complexity index is 1280. The minimum atomic E-state index is -4.74. The number of pyridine rings is 1. The molecule has 4 rings (SSSR count). The van der Waals surface area contributed by atoms with Gasteiger partial charge in [-0.2, -0.15) is 5.26 Å². The van der Waals surface area contributed by atoms with Gasteiger partial charge < -0.3 is 18.9 Å². The van der Waals surface area contributed by atoms with Crippen LogP contribution >= 0.6 is 11.6 Å². The molecule has 1 aromatic heterocycles. The number of halogens is 4. The molecule has 0 unspecified atom stereocenters. The third-order valence-corrected chi connectivity index (χ3v) is 5.80. The van der Waals surface area contributed by atoms with E-state index in [1.54, 1.807) is 25.2 Å². The average molecular weight is 478 g/mol. The van der Waals surface area contributed by atoms with Crippen LogP contribution in [0.5, 0.6) is 11.5 Å². The molecule has 6 nitrogen and oxygen atoms in total. The molecule has 10 heteroatoms. The number of hydrogen-bond donors (Lipinski definition) is 0. The van der Waals surface area contributed by atoms with E-state index in [9.17, 15) is 23.2 Å². The average Bonchev–Trinajstić information content (AvgIpc) is 2.77. The highest BCUT2D eigenvalue weighted by atomic mass is 35.5. The van der Waals surface area contributed by atoms with Gasteiger partial charge in [0.2, 0.25) is 0 Å². The third-order valence-electron chi connectivity index (χ3n) is 5.56. The molecular formula is C23H19ClF3N3O3. The molecule has 0 atom stereocenters. The van der Waals surface area contributed by atoms with Gasteiger partial charge in [-0.3, -0.25) is 4.79 Å². The topological polar surface area (TPSA) is 67.5 Å². The normalized spacial score (nSPS) is 14.8. The summed E-state index contributed by atoms with van der Waals surface area (Å²) in [7, 11) is 1.61. The lowest BCUT2D eigenvalue weighted by atomic mass is 10.0. The van der Waals surface area contributed by atoms with Crippen molar-refractivity contribution < 1.29 is 22.6 Å². The predicted molar refractivity (Wildman–Crippen MR) is 118 cm³/mol. The largest absolute Gasteiger partial charge is 0.573 e. The summed E-state index contributed by atoms with van der Waals surface area (Å²) in [4.78, 5) is 14.8. The number of hydrogen-bond acceptors (Lipinski definition) is 5. The molecule has 0 radical (unpaired) electrons. The second-order valence-corrected chi connectivity index (χ2v) is 8.12. The molecule has 0 N–H and O–H groups in total. The molecule has 2 aromatic carbocycles. The highest BCUT2D eigenvalue weighted by Gasteiger charge is 2.31. The molecule has 0 bridgehead atoms. The summed E-state index contributed by atoms with van der Waals surface area (Å²) in [6, 6.07) is 12.5. The van der Waals surface area contributed by atoms with E-state index < -0.39 is 6.36 Å². The van der Waals surface area contributed by atoms with Crippen LogP contribution in [0.15, 0.2) is 47.3 Å². The van der Waals surface area contributed by atoms with Crippen molar-refractivity contribution in [2.24, 2.45) is 7.05 Å². The molecule has 0 spiro atoms. The summed E-state index contributed by atoms with van der Waals surface area (Å²) in [5, 5.41) is 10.9. The fraction of sp³-hybridized carbons (Fsp3) is 0.304. The van der Waals surface area contributed by atoms with Crippen LogP contribution in [0.2, 0.25) is 5.02 Å². The molecule has 0 saturated carbocycles. The van der Waals surface area contributed by atoms with Crippen molar-refractivity contribution in [2.75, 3.05) is 18.0 Å². The van der Waals surface area contributed by atoms with Gasteiger partial charge in [0.1, 0.15) is 29.2 Å². The van der Waals surface area contributed by atoms with E-state index in [1.807, 2.05) is 4.90 Å². The zero-order chi connectivity index (χ0) is 23.8. The van der Waals surface area contributed by atoms with Crippen LogP contribution in [0.1, 0.15) is 18.4 Å². The summed E-state index contributed by atoms with van der Waals surface area (Å²) < 4.78 is 48.1. The number of piperidine rings is 1. The van der Waals surface area contributed by atoms with Gasteiger partial charge in [-0.15, -0.1) is 13.2 Å². The number of aryl methyl sites for hydroxylation is 1. The lowest BCUT2D eigenvalue weighted by molar-refractivity contribution is -0.274. The van der Waals surface area contributed by atoms with Crippen molar-refractivity contribution in [3.63, 3.8) is 0 Å². The summed E-state index contributed by atoms with van der Waals surface area (Å²) in [5.41, 5.74) is 0.911. The van der Waals surface area contributed by atoms with E-state index in [0.717, 1.165) is 5.39 Å². The second kappa shape index (κ2) is 8.87. The monoisotopic (exact) mass is 477 g/mol. The van der Waals surface area contributed by atoms with Crippen molar-refractivity contribution in [3.8, 4) is 17.6 Å². The van der Waals surface area contributed by atoms with Crippen LogP contribution in [-0.2, 0) is 7.05 Å². The number of anilines is 1. The molecule has 0 amide bonds. The van der Waals surface area contributed by atoms with Gasteiger partial charge in [0.15, 0.2) is 0 Å². The number of rotatable bonds is 4. The molecule has 1 saturated heterocycles. The van der Waals surface area contributed by atoms with Crippen molar-refractivity contribution >= 4 is 28.2 Å². The Morgan fingerprint density at radius 2 is 1.73 bits per heavy atom. The lowest BCUT2D eigenvalue weighted by Gasteiger charge is -2.35. The van der Waals surface area contributed by atoms with Crippen LogP contribution < -0.4 is 19.9 Å². The Morgan fingerprint density at radius 3 is 2.33 bits per heavy atom. The fourth-order valence-corrected chi connectivity index (χ4v) is 4.20. The summed E-state index contributed by atoms with van der Waals surface area (Å²) in [5.74, 6) is 0.126. The molecule has 2 heterocycles. The quantitative estimate of drug-likeness (QED) is 0.528. The number of fused-ring (bicyclic) bond motifs is 1. The van der Waals surface area contributed by atoms with E-state index in [-0.39, 0.29) is 23.0 Å². The Morgan fingerprint density at radius 1 is 1.09 bits per heavy atom. The van der Waals surface area contributed by atoms with Crippen molar-refractivity contribution in [1.82, 2.24) is 4.57 Å². The number of alkyl halides is 3. The van der Waals surface area contributed by atoms with E-state index in [2.05, 4.69) is 10.8 Å². The third kappa shape index (κ3) is 4.86. The minimum Gasteiger partial charge on any atom is -0.490 e. The first-order valence-electron chi connectivity index (χ1n) is 10.2. The van der Waals surface area contributed by atoms with Crippen LogP contribution in [0.4, 0.5) is 18.9 Å². The van der Waals surface area contributed by atoms with Gasteiger partial charge in [0, 0.05) is 43.4 Å². The van der Waals surface area contributed by atoms with Crippen molar-refractivity contribution in [1.29, 1.82) is 5.26 Å². The lowest BCUT2D eigenvalue weighted by Crippen LogP contribution is -2.40. The smallest absolute Gasteiger partial charge is 0.490 e. The SMILES string of the molecule is Cn1c(=O)c(C#N)c(N2CCC(Oc3ccc(OC(F)(F)F)cc3)CC2)c2ccc(Cl)cc21. The van der Waals surface area contributed by atoms with E-state index in [4.69, 9.17) is 16.3 Å². The maximum Gasteiger partial charge on any atom is 0.573 e. The van der Waals surface area contributed by atoms with Crippen LogP contribution in [0, 0.1) is 11.3 Å². The first-order chi connectivity index (χ1) is 15.7. The number of benzene rings is 2. The molecule has 1 fully saturated rings. The zero-order valence-corrected chi connectivity index (χ0v) is 18.3. The van der Waals surface area contributed by atoms with Gasteiger partial charge in [0.25, 0.3) is 5.56 Å². The standard InChI is InChI=1S/C23H19ClF3N3O3/c1-29-20-12-14(24)2-7-18(20)21(19(13-28)22(29)31)30-10-8-16(9-11-30)32-15-3-5-17(6-4-15)33-23(25,26)27/h2-7,12,16H,8-11H2,1H3. The zero-order valence-electron chi connectivity index (χ0n) is 17.5. The van der Waals surface area contributed by atoms with Crippen LogP contribution in [-0.4, -0.2) is 30.1 Å². The first-order valence-corrected chi connectivity index (χ1v) is 10.5. The molecular weight excluding hydrogens is 459 g/mol. The van der Waals surface area contributed by atoms with Gasteiger partial charge >= 0.3 is 6.36 Å². The van der Waals surface area contributed by atoms with E-state index >= 15 is 0 Å². The maximum atomic E-state index is 12.8. The highest BCUT2D eigenvalue weighted by molar-refractivity contribution is 6.31. The fourth-order valence-electron chi connectivity index (χ4n) is 4.03. The Balaban J connectivity index is 1.51. The van der Waals surface area contributed by atoms with Gasteiger partial charge in [-0.25, -0.2) is 0 Å². The molecule has 0 aliphatic carbocycles. The number of nitriles is 1. The Hall–Kier alpha value is -3.38. The summed E-state index contributed by atoms with van der Waals surface area (Å²) in [6.45, 7) is 1.08. The summed E-state index contributed by atoms with van der Waals surface area (Å²) in [6.07, 6.45) is -3.69. The van der Waals surface area contributed by atoms with Crippen molar-refractivity contribution in [3.05, 3.63) is 63.4 Å². The Kier molecular flexibility index (Phi) is 6.13. The molecule has 172 valence electrons. The van der Waals surface area contributed by atoms with Gasteiger partial charge in [0.05, 0.1) is 11.2 Å². The minimum absolute atomic E-state index is 0.0759. The van der Waals surface area contributed by atoms with Gasteiger partial charge in [-0.05, 0) is 42.5 Å². The number of aromatic nitrogens is 1. The summed E-state index contributed by atoms with van der Waals surface area (Å²) >= 11 is 6.12. The predicted octanol–water partition coefficient (Wildman–Crippen LogP) is 5.01. The molecule has 3 aromatic rings. The number of nitrogens with zero attached hydrogens (tertiary/aromatic N) is 3. The van der Waals surface area contributed by atoms with E-state index in [0.29, 0.717) is 47.9 Å². The number of ether oxygens (including phenoxy) is 2. The highest BCUT2D eigenvalue weighted by Crippen LogP contribution is 2.33. The van der Waals surface area contributed by atoms with Gasteiger partial charge in [-0.1, -0.05) is 11.6 Å². The molecule has 1 aliphatic rings. The molecule has 33 heavy (non-hydrogen) atoms.